The molecule has 1 atom stereocenters. The maximum Gasteiger partial charge on any atom is 0.120 e. The van der Waals surface area contributed by atoms with Gasteiger partial charge in [-0.3, -0.25) is 0 Å². The third-order valence-corrected chi connectivity index (χ3v) is 4.73. The molecule has 4 heteroatoms. The molecular formula is C13H20N2OSi. The van der Waals surface area contributed by atoms with Crippen LogP contribution in [0.25, 0.3) is 11.0 Å². The van der Waals surface area contributed by atoms with E-state index in [2.05, 4.69) is 35.3 Å². The lowest BCUT2D eigenvalue weighted by Gasteiger charge is -2.30. The van der Waals surface area contributed by atoms with Crippen molar-refractivity contribution in [2.75, 3.05) is 6.61 Å². The van der Waals surface area contributed by atoms with Crippen LogP contribution in [0.15, 0.2) is 30.6 Å². The number of imidazole rings is 1. The number of rotatable bonds is 4. The van der Waals surface area contributed by atoms with Gasteiger partial charge in [0.15, 0.2) is 0 Å². The third-order valence-electron chi connectivity index (χ3n) is 2.80. The van der Waals surface area contributed by atoms with Gasteiger partial charge in [-0.15, -0.1) is 0 Å². The van der Waals surface area contributed by atoms with Crippen LogP contribution in [0.4, 0.5) is 0 Å². The molecule has 17 heavy (non-hydrogen) atoms. The summed E-state index contributed by atoms with van der Waals surface area (Å²) < 4.78 is 8.13. The van der Waals surface area contributed by atoms with Crippen molar-refractivity contribution in [3.63, 3.8) is 0 Å². The van der Waals surface area contributed by atoms with Crippen LogP contribution in [0.3, 0.4) is 0 Å². The topological polar surface area (TPSA) is 27.1 Å². The SMILES string of the molecule is CCOC(n1cnc2ccccc21)[Si](C)(C)C. The highest BCUT2D eigenvalue weighted by Gasteiger charge is 2.29. The zero-order valence-corrected chi connectivity index (χ0v) is 12.0. The van der Waals surface area contributed by atoms with E-state index in [1.54, 1.807) is 0 Å². The minimum absolute atomic E-state index is 0.153. The molecule has 0 saturated carbocycles. The Labute approximate surface area is 103 Å². The molecule has 0 amide bonds. The second-order valence-corrected chi connectivity index (χ2v) is 10.5. The largest absolute Gasteiger partial charge is 0.362 e. The van der Waals surface area contributed by atoms with Crippen molar-refractivity contribution >= 4 is 19.1 Å². The van der Waals surface area contributed by atoms with Gasteiger partial charge in [0.25, 0.3) is 0 Å². The van der Waals surface area contributed by atoms with Gasteiger partial charge in [0.05, 0.1) is 17.4 Å². The van der Waals surface area contributed by atoms with E-state index in [1.165, 1.54) is 0 Å². The molecule has 1 aromatic heterocycles. The quantitative estimate of drug-likeness (QED) is 0.775. The smallest absolute Gasteiger partial charge is 0.120 e. The minimum atomic E-state index is -1.43. The standard InChI is InChI=1S/C13H20N2OSi/c1-5-16-13(17(2,3)4)15-10-14-11-8-6-7-9-12(11)15/h6-10,13H,5H2,1-4H3. The number of aromatic nitrogens is 2. The Hall–Kier alpha value is -1.13. The number of hydrogen-bond donors (Lipinski definition) is 0. The molecule has 0 radical (unpaired) electrons. The summed E-state index contributed by atoms with van der Waals surface area (Å²) in [6, 6.07) is 8.21. The van der Waals surface area contributed by atoms with Crippen molar-refractivity contribution in [1.29, 1.82) is 0 Å². The summed E-state index contributed by atoms with van der Waals surface area (Å²) in [6.45, 7) is 9.75. The lowest BCUT2D eigenvalue weighted by Crippen LogP contribution is -2.37. The fourth-order valence-electron chi connectivity index (χ4n) is 2.07. The van der Waals surface area contributed by atoms with E-state index < -0.39 is 8.07 Å². The molecule has 0 aliphatic carbocycles. The molecule has 0 aliphatic heterocycles. The number of nitrogens with zero attached hydrogens (tertiary/aromatic N) is 2. The van der Waals surface area contributed by atoms with Crippen LogP contribution >= 0.6 is 0 Å². The fraction of sp³-hybridized carbons (Fsp3) is 0.462. The van der Waals surface area contributed by atoms with Gasteiger partial charge < -0.3 is 9.30 Å². The van der Waals surface area contributed by atoms with Crippen LogP contribution in [-0.4, -0.2) is 24.2 Å². The molecular weight excluding hydrogens is 228 g/mol. The van der Waals surface area contributed by atoms with Gasteiger partial charge in [-0.25, -0.2) is 4.98 Å². The van der Waals surface area contributed by atoms with E-state index >= 15 is 0 Å². The average Bonchev–Trinajstić information content (AvgIpc) is 2.68. The monoisotopic (exact) mass is 248 g/mol. The summed E-state index contributed by atoms with van der Waals surface area (Å²) in [7, 11) is -1.43. The Morgan fingerprint density at radius 1 is 1.29 bits per heavy atom. The molecule has 1 aromatic carbocycles. The number of hydrogen-bond acceptors (Lipinski definition) is 2. The Bertz CT molecular complexity index is 501. The molecule has 0 saturated heterocycles. The Balaban J connectivity index is 2.49. The first-order valence-electron chi connectivity index (χ1n) is 6.07. The first kappa shape index (κ1) is 12.3. The minimum Gasteiger partial charge on any atom is -0.362 e. The van der Waals surface area contributed by atoms with E-state index in [4.69, 9.17) is 4.74 Å². The molecule has 1 unspecified atom stereocenters. The lowest BCUT2D eigenvalue weighted by molar-refractivity contribution is 0.0664. The summed E-state index contributed by atoms with van der Waals surface area (Å²) >= 11 is 0. The van der Waals surface area contributed by atoms with Crippen molar-refractivity contribution in [2.45, 2.75) is 32.4 Å². The number of ether oxygens (including phenoxy) is 1. The number of para-hydroxylation sites is 2. The lowest BCUT2D eigenvalue weighted by atomic mass is 10.3. The summed E-state index contributed by atoms with van der Waals surface area (Å²) in [5.74, 6) is 0.153. The number of fused-ring (bicyclic) bond motifs is 1. The summed E-state index contributed by atoms with van der Waals surface area (Å²) in [5.41, 5.74) is 2.20. The molecule has 92 valence electrons. The second-order valence-electron chi connectivity index (χ2n) is 5.31. The highest BCUT2D eigenvalue weighted by molar-refractivity contribution is 6.76. The van der Waals surface area contributed by atoms with Crippen molar-refractivity contribution < 1.29 is 4.74 Å². The molecule has 1 heterocycles. The second kappa shape index (κ2) is 4.62. The Kier molecular flexibility index (Phi) is 3.35. The molecule has 0 N–H and O–H groups in total. The van der Waals surface area contributed by atoms with E-state index in [1.807, 2.05) is 31.5 Å². The van der Waals surface area contributed by atoms with Crippen LogP contribution in [-0.2, 0) is 4.74 Å². The molecule has 2 aromatic rings. The fourth-order valence-corrected chi connectivity index (χ4v) is 3.78. The highest BCUT2D eigenvalue weighted by atomic mass is 28.3. The van der Waals surface area contributed by atoms with Gasteiger partial charge in [-0.05, 0) is 19.1 Å². The predicted octanol–water partition coefficient (Wildman–Crippen LogP) is 3.45. The van der Waals surface area contributed by atoms with Crippen LogP contribution in [0.2, 0.25) is 19.6 Å². The maximum absolute atomic E-state index is 5.94. The predicted molar refractivity (Wildman–Crippen MR) is 73.7 cm³/mol. The third kappa shape index (κ3) is 2.42. The van der Waals surface area contributed by atoms with E-state index in [-0.39, 0.29) is 5.85 Å². The van der Waals surface area contributed by atoms with Crippen molar-refractivity contribution in [3.05, 3.63) is 30.6 Å². The summed E-state index contributed by atoms with van der Waals surface area (Å²) in [6.07, 6.45) is 1.91. The molecule has 0 fully saturated rings. The van der Waals surface area contributed by atoms with Gasteiger partial charge in [0.2, 0.25) is 0 Å². The summed E-state index contributed by atoms with van der Waals surface area (Å²) in [4.78, 5) is 4.44. The van der Waals surface area contributed by atoms with Crippen molar-refractivity contribution in [1.82, 2.24) is 9.55 Å². The highest BCUT2D eigenvalue weighted by Crippen LogP contribution is 2.26. The normalized spacial score (nSPS) is 14.1. The Morgan fingerprint density at radius 2 is 2.00 bits per heavy atom. The Morgan fingerprint density at radius 3 is 2.65 bits per heavy atom. The van der Waals surface area contributed by atoms with Gasteiger partial charge in [0.1, 0.15) is 13.9 Å². The van der Waals surface area contributed by atoms with Gasteiger partial charge >= 0.3 is 0 Å². The molecule has 0 bridgehead atoms. The van der Waals surface area contributed by atoms with E-state index in [9.17, 15) is 0 Å². The average molecular weight is 248 g/mol. The molecule has 0 spiro atoms. The molecule has 2 rings (SSSR count). The molecule has 0 aliphatic rings. The number of benzene rings is 1. The van der Waals surface area contributed by atoms with Crippen LogP contribution in [0.5, 0.6) is 0 Å². The van der Waals surface area contributed by atoms with E-state index in [0.29, 0.717) is 0 Å². The zero-order valence-electron chi connectivity index (χ0n) is 11.0. The van der Waals surface area contributed by atoms with Crippen molar-refractivity contribution in [2.24, 2.45) is 0 Å². The van der Waals surface area contributed by atoms with E-state index in [0.717, 1.165) is 17.6 Å². The first-order valence-corrected chi connectivity index (χ1v) is 9.65. The summed E-state index contributed by atoms with van der Waals surface area (Å²) in [5, 5.41) is 0. The van der Waals surface area contributed by atoms with Crippen LogP contribution in [0.1, 0.15) is 12.8 Å². The van der Waals surface area contributed by atoms with Gasteiger partial charge in [-0.1, -0.05) is 31.8 Å². The van der Waals surface area contributed by atoms with Crippen molar-refractivity contribution in [3.8, 4) is 0 Å². The maximum atomic E-state index is 5.94. The van der Waals surface area contributed by atoms with Crippen LogP contribution < -0.4 is 0 Å². The molecule has 3 nitrogen and oxygen atoms in total. The zero-order chi connectivity index (χ0) is 12.5. The first-order chi connectivity index (χ1) is 8.04. The van der Waals surface area contributed by atoms with Crippen LogP contribution in [0, 0.1) is 0 Å². The van der Waals surface area contributed by atoms with Gasteiger partial charge in [-0.2, -0.15) is 0 Å². The van der Waals surface area contributed by atoms with Gasteiger partial charge in [0, 0.05) is 6.61 Å².